The molecule has 128 valence electrons. The van der Waals surface area contributed by atoms with E-state index in [0.717, 1.165) is 16.3 Å². The van der Waals surface area contributed by atoms with E-state index < -0.39 is 47.1 Å². The van der Waals surface area contributed by atoms with Crippen molar-refractivity contribution in [2.24, 2.45) is 5.73 Å². The molecule has 0 aliphatic carbocycles. The molecule has 11 heteroatoms. The first kappa shape index (κ1) is 17.7. The molecular weight excluding hydrogens is 328 g/mol. The number of thioether (sulfide) groups is 1. The molecule has 7 N–H and O–H groups in total. The van der Waals surface area contributed by atoms with Crippen molar-refractivity contribution in [3.05, 3.63) is 22.7 Å². The number of nitrogens with zero attached hydrogens (tertiary/aromatic N) is 2. The maximum absolute atomic E-state index is 11.8. The molecule has 0 bridgehead atoms. The normalized spacial score (nSPS) is 28.5. The van der Waals surface area contributed by atoms with Crippen molar-refractivity contribution in [3.63, 3.8) is 0 Å². The topological polar surface area (TPSA) is 174 Å². The smallest absolute Gasteiger partial charge is 0.350 e. The van der Waals surface area contributed by atoms with E-state index in [1.807, 2.05) is 0 Å². The Balaban J connectivity index is 2.06. The number of anilines is 1. The number of aliphatic hydroxyl groups excluding tert-OH is 3. The number of aromatic nitrogens is 2. The van der Waals surface area contributed by atoms with E-state index in [1.165, 1.54) is 12.3 Å². The van der Waals surface area contributed by atoms with Gasteiger partial charge >= 0.3 is 11.7 Å². The van der Waals surface area contributed by atoms with Gasteiger partial charge in [0.15, 0.2) is 0 Å². The third kappa shape index (κ3) is 3.82. The monoisotopic (exact) mass is 346 g/mol. The molecule has 2 heterocycles. The molecule has 2 rings (SSSR count). The summed E-state index contributed by atoms with van der Waals surface area (Å²) in [5.74, 6) is -0.766. The van der Waals surface area contributed by atoms with Crippen LogP contribution in [0.5, 0.6) is 0 Å². The second kappa shape index (κ2) is 7.27. The first-order chi connectivity index (χ1) is 10.8. The molecule has 1 aromatic rings. The van der Waals surface area contributed by atoms with Crippen LogP contribution in [0.15, 0.2) is 17.1 Å². The Hall–Kier alpha value is -1.66. The third-order valence-electron chi connectivity index (χ3n) is 3.35. The average Bonchev–Trinajstić information content (AvgIpc) is 2.80. The zero-order chi connectivity index (χ0) is 17.1. The number of hydrogen-bond acceptors (Lipinski definition) is 10. The molecule has 0 saturated carbocycles. The van der Waals surface area contributed by atoms with Crippen LogP contribution in [0.3, 0.4) is 0 Å². The molecule has 5 atom stereocenters. The quantitative estimate of drug-likeness (QED) is 0.346. The lowest BCUT2D eigenvalue weighted by molar-refractivity contribution is -0.146. The van der Waals surface area contributed by atoms with Crippen LogP contribution >= 0.6 is 11.8 Å². The minimum absolute atomic E-state index is 0.0488. The number of rotatable bonds is 5. The van der Waals surface area contributed by atoms with Crippen LogP contribution in [0.1, 0.15) is 5.37 Å². The molecule has 0 spiro atoms. The standard InChI is InChI=1S/C12H18N4O6S/c13-5(3-17)11(20)22-4-6-8(18)9(19)10(23-6)16-2-1-7(14)15-12(16)21/h1-2,5-6,8-10,17-19H,3-4,13H2,(H2,14,15,21)/t5-,6+,8?,9?,10+/m0/s1. The van der Waals surface area contributed by atoms with Gasteiger partial charge in [-0.2, -0.15) is 4.98 Å². The second-order valence-corrected chi connectivity index (χ2v) is 6.37. The lowest BCUT2D eigenvalue weighted by Gasteiger charge is -2.17. The van der Waals surface area contributed by atoms with E-state index >= 15 is 0 Å². The van der Waals surface area contributed by atoms with E-state index in [1.54, 1.807) is 0 Å². The molecule has 23 heavy (non-hydrogen) atoms. The Morgan fingerprint density at radius 3 is 2.78 bits per heavy atom. The number of ether oxygens (including phenoxy) is 1. The number of nitrogens with two attached hydrogens (primary N) is 2. The molecule has 0 amide bonds. The summed E-state index contributed by atoms with van der Waals surface area (Å²) in [7, 11) is 0. The summed E-state index contributed by atoms with van der Waals surface area (Å²) in [4.78, 5) is 26.8. The molecule has 10 nitrogen and oxygen atoms in total. The number of carbonyl (C=O) groups excluding carboxylic acids is 1. The highest BCUT2D eigenvalue weighted by Gasteiger charge is 2.44. The molecule has 0 aromatic carbocycles. The fourth-order valence-electron chi connectivity index (χ4n) is 2.06. The highest BCUT2D eigenvalue weighted by Crippen LogP contribution is 2.41. The molecule has 1 saturated heterocycles. The molecule has 0 radical (unpaired) electrons. The number of aliphatic hydroxyl groups is 3. The minimum atomic E-state index is -1.25. The largest absolute Gasteiger partial charge is 0.463 e. The molecule has 1 aliphatic heterocycles. The van der Waals surface area contributed by atoms with Gasteiger partial charge in [0.1, 0.15) is 29.9 Å². The van der Waals surface area contributed by atoms with Gasteiger partial charge in [-0.05, 0) is 6.07 Å². The maximum atomic E-state index is 11.8. The van der Waals surface area contributed by atoms with Gasteiger partial charge in [0.25, 0.3) is 0 Å². The minimum Gasteiger partial charge on any atom is -0.463 e. The van der Waals surface area contributed by atoms with Crippen molar-refractivity contribution < 1.29 is 24.9 Å². The summed E-state index contributed by atoms with van der Waals surface area (Å²) in [6.07, 6.45) is -1.10. The number of esters is 1. The van der Waals surface area contributed by atoms with Crippen LogP contribution in [0, 0.1) is 0 Å². The Labute approximate surface area is 135 Å². The molecular formula is C12H18N4O6S. The van der Waals surface area contributed by atoms with Crippen molar-refractivity contribution in [2.75, 3.05) is 18.9 Å². The first-order valence-electron chi connectivity index (χ1n) is 6.74. The first-order valence-corrected chi connectivity index (χ1v) is 7.68. The summed E-state index contributed by atoms with van der Waals surface area (Å²) in [5.41, 5.74) is 10.1. The Kier molecular flexibility index (Phi) is 5.59. The lowest BCUT2D eigenvalue weighted by Crippen LogP contribution is -2.39. The molecule has 1 aromatic heterocycles. The van der Waals surface area contributed by atoms with Gasteiger partial charge in [-0.25, -0.2) is 4.79 Å². The zero-order valence-electron chi connectivity index (χ0n) is 12.0. The van der Waals surface area contributed by atoms with Crippen LogP contribution in [0.4, 0.5) is 5.82 Å². The predicted octanol–water partition coefficient (Wildman–Crippen LogP) is -2.98. The van der Waals surface area contributed by atoms with Crippen LogP contribution < -0.4 is 17.2 Å². The van der Waals surface area contributed by atoms with Gasteiger partial charge in [0.05, 0.1) is 18.0 Å². The summed E-state index contributed by atoms with van der Waals surface area (Å²) < 4.78 is 6.04. The third-order valence-corrected chi connectivity index (χ3v) is 4.90. The van der Waals surface area contributed by atoms with Crippen LogP contribution in [0.2, 0.25) is 0 Å². The predicted molar refractivity (Wildman–Crippen MR) is 81.4 cm³/mol. The van der Waals surface area contributed by atoms with E-state index in [4.69, 9.17) is 21.3 Å². The van der Waals surface area contributed by atoms with Gasteiger partial charge < -0.3 is 31.5 Å². The van der Waals surface area contributed by atoms with Crippen molar-refractivity contribution in [2.45, 2.75) is 28.9 Å². The SMILES string of the molecule is Nc1ccn([C@@H]2S[C@H](COC(=O)[C@@H](N)CO)C(O)C2O)c(=O)n1. The molecule has 1 fully saturated rings. The van der Waals surface area contributed by atoms with E-state index in [0.29, 0.717) is 0 Å². The molecule has 1 aliphatic rings. The zero-order valence-corrected chi connectivity index (χ0v) is 12.8. The van der Waals surface area contributed by atoms with Crippen molar-refractivity contribution >= 4 is 23.5 Å². The lowest BCUT2D eigenvalue weighted by atomic mass is 10.1. The number of nitrogen functional groups attached to an aromatic ring is 1. The van der Waals surface area contributed by atoms with Gasteiger partial charge in [-0.15, -0.1) is 11.8 Å². The maximum Gasteiger partial charge on any atom is 0.350 e. The number of carbonyl (C=O) groups is 1. The summed E-state index contributed by atoms with van der Waals surface area (Å²) in [6, 6.07) is 0.234. The van der Waals surface area contributed by atoms with Crippen molar-refractivity contribution in [1.29, 1.82) is 0 Å². The summed E-state index contributed by atoms with van der Waals surface area (Å²) >= 11 is 1.06. The van der Waals surface area contributed by atoms with Crippen LogP contribution in [-0.2, 0) is 9.53 Å². The van der Waals surface area contributed by atoms with E-state index in [9.17, 15) is 19.8 Å². The van der Waals surface area contributed by atoms with Gasteiger partial charge in [-0.1, -0.05) is 0 Å². The van der Waals surface area contributed by atoms with Crippen molar-refractivity contribution in [3.8, 4) is 0 Å². The Morgan fingerprint density at radius 2 is 2.17 bits per heavy atom. The molecule has 2 unspecified atom stereocenters. The van der Waals surface area contributed by atoms with Gasteiger partial charge in [0, 0.05) is 6.20 Å². The average molecular weight is 346 g/mol. The fraction of sp³-hybridized carbons (Fsp3) is 0.583. The van der Waals surface area contributed by atoms with E-state index in [-0.39, 0.29) is 12.4 Å². The Morgan fingerprint density at radius 1 is 1.48 bits per heavy atom. The second-order valence-electron chi connectivity index (χ2n) is 5.01. The van der Waals surface area contributed by atoms with Gasteiger partial charge in [0.2, 0.25) is 0 Å². The highest BCUT2D eigenvalue weighted by atomic mass is 32.2. The van der Waals surface area contributed by atoms with Crippen LogP contribution in [-0.4, -0.2) is 67.6 Å². The highest BCUT2D eigenvalue weighted by molar-refractivity contribution is 8.00. The number of hydrogen-bond donors (Lipinski definition) is 5. The Bertz CT molecular complexity index is 626. The summed E-state index contributed by atoms with van der Waals surface area (Å²) in [5, 5.41) is 27.5. The van der Waals surface area contributed by atoms with E-state index in [2.05, 4.69) is 4.98 Å². The summed E-state index contributed by atoms with van der Waals surface area (Å²) in [6.45, 7) is -0.778. The van der Waals surface area contributed by atoms with Crippen LogP contribution in [0.25, 0.3) is 0 Å². The van der Waals surface area contributed by atoms with Crippen molar-refractivity contribution in [1.82, 2.24) is 9.55 Å². The fourth-order valence-corrected chi connectivity index (χ4v) is 3.50. The van der Waals surface area contributed by atoms with Gasteiger partial charge in [-0.3, -0.25) is 9.36 Å².